The number of ether oxygens (including phenoxy) is 2. The van der Waals surface area contributed by atoms with E-state index in [0.29, 0.717) is 18.0 Å². The van der Waals surface area contributed by atoms with Crippen molar-refractivity contribution in [2.24, 2.45) is 0 Å². The summed E-state index contributed by atoms with van der Waals surface area (Å²) in [5, 5.41) is 6.06. The second kappa shape index (κ2) is 14.3. The zero-order chi connectivity index (χ0) is 21.4. The van der Waals surface area contributed by atoms with Gasteiger partial charge in [0, 0.05) is 5.69 Å². The minimum atomic E-state index is -0.117. The van der Waals surface area contributed by atoms with E-state index in [0.717, 1.165) is 37.3 Å². The van der Waals surface area contributed by atoms with Crippen molar-refractivity contribution < 1.29 is 14.3 Å². The van der Waals surface area contributed by atoms with E-state index in [1.165, 1.54) is 25.7 Å². The average molecular weight is 413 g/mol. The highest BCUT2D eigenvalue weighted by atomic mass is 16.5. The largest absolute Gasteiger partial charge is 0.494 e. The fourth-order valence-corrected chi connectivity index (χ4v) is 2.96. The Bertz CT molecular complexity index is 731. The third-order valence-electron chi connectivity index (χ3n) is 4.74. The Morgan fingerprint density at radius 1 is 0.800 bits per heavy atom. The van der Waals surface area contributed by atoms with Crippen LogP contribution >= 0.6 is 0 Å². The summed E-state index contributed by atoms with van der Waals surface area (Å²) in [5.41, 5.74) is 1.58. The highest BCUT2D eigenvalue weighted by molar-refractivity contribution is 5.95. The fourth-order valence-electron chi connectivity index (χ4n) is 2.96. The van der Waals surface area contributed by atoms with Gasteiger partial charge in [-0.3, -0.25) is 4.79 Å². The van der Waals surface area contributed by atoms with Crippen LogP contribution in [0, 0.1) is 0 Å². The zero-order valence-electron chi connectivity index (χ0n) is 18.4. The summed E-state index contributed by atoms with van der Waals surface area (Å²) in [6.45, 7) is 5.92. The molecule has 0 aliphatic heterocycles. The molecule has 0 spiro atoms. The molecule has 0 heterocycles. The minimum absolute atomic E-state index is 0.117. The monoisotopic (exact) mass is 412 g/mol. The van der Waals surface area contributed by atoms with E-state index in [9.17, 15) is 4.79 Å². The van der Waals surface area contributed by atoms with Gasteiger partial charge in [-0.05, 0) is 49.2 Å². The Kier molecular flexibility index (Phi) is 11.3. The number of amides is 1. The van der Waals surface area contributed by atoms with Gasteiger partial charge in [-0.15, -0.1) is 0 Å². The molecule has 5 heteroatoms. The van der Waals surface area contributed by atoms with Crippen molar-refractivity contribution in [3.05, 3.63) is 48.5 Å². The zero-order valence-corrected chi connectivity index (χ0v) is 18.4. The van der Waals surface area contributed by atoms with Crippen molar-refractivity contribution in [1.29, 1.82) is 0 Å². The first-order valence-electron chi connectivity index (χ1n) is 11.2. The summed E-state index contributed by atoms with van der Waals surface area (Å²) in [4.78, 5) is 12.3. The van der Waals surface area contributed by atoms with Crippen LogP contribution in [0.1, 0.15) is 58.8 Å². The summed E-state index contributed by atoms with van der Waals surface area (Å²) >= 11 is 0. The molecule has 0 bridgehead atoms. The Morgan fingerprint density at radius 3 is 2.27 bits per heavy atom. The van der Waals surface area contributed by atoms with E-state index in [-0.39, 0.29) is 12.5 Å². The molecule has 0 saturated carbocycles. The maximum absolute atomic E-state index is 12.3. The van der Waals surface area contributed by atoms with Gasteiger partial charge in [-0.25, -0.2) is 0 Å². The molecule has 2 aromatic rings. The first-order valence-corrected chi connectivity index (χ1v) is 11.2. The molecule has 0 aromatic heterocycles. The van der Waals surface area contributed by atoms with Gasteiger partial charge in [-0.2, -0.15) is 0 Å². The van der Waals surface area contributed by atoms with Crippen LogP contribution < -0.4 is 20.1 Å². The molecule has 0 aliphatic carbocycles. The van der Waals surface area contributed by atoms with E-state index >= 15 is 0 Å². The predicted octanol–water partition coefficient (Wildman–Crippen LogP) is 6.27. The maximum atomic E-state index is 12.3. The van der Waals surface area contributed by atoms with Gasteiger partial charge in [0.1, 0.15) is 11.5 Å². The number of anilines is 2. The van der Waals surface area contributed by atoms with Gasteiger partial charge in [-0.1, -0.05) is 58.1 Å². The number of nitrogens with one attached hydrogen (secondary N) is 2. The summed E-state index contributed by atoms with van der Waals surface area (Å²) in [6, 6.07) is 15.3. The molecule has 2 rings (SSSR count). The lowest BCUT2D eigenvalue weighted by Gasteiger charge is -2.13. The molecule has 2 N–H and O–H groups in total. The number of carbonyl (C=O) groups is 1. The highest BCUT2D eigenvalue weighted by Crippen LogP contribution is 2.24. The molecule has 2 aromatic carbocycles. The second-order valence-corrected chi connectivity index (χ2v) is 7.39. The quantitative estimate of drug-likeness (QED) is 0.339. The van der Waals surface area contributed by atoms with Crippen LogP contribution in [0.25, 0.3) is 0 Å². The molecule has 0 radical (unpaired) electrons. The molecule has 1 amide bonds. The van der Waals surface area contributed by atoms with Crippen LogP contribution in [0.3, 0.4) is 0 Å². The SMILES string of the molecule is CCCCCCCOc1ccc(NCC(=O)Nc2ccccc2OCCCC)cc1. The third-order valence-corrected chi connectivity index (χ3v) is 4.74. The fraction of sp³-hybridized carbons (Fsp3) is 0.480. The van der Waals surface area contributed by atoms with Gasteiger partial charge in [0.15, 0.2) is 0 Å². The Hall–Kier alpha value is -2.69. The van der Waals surface area contributed by atoms with Crippen molar-refractivity contribution >= 4 is 17.3 Å². The topological polar surface area (TPSA) is 59.6 Å². The van der Waals surface area contributed by atoms with E-state index in [4.69, 9.17) is 9.47 Å². The van der Waals surface area contributed by atoms with Gasteiger partial charge in [0.05, 0.1) is 25.4 Å². The van der Waals surface area contributed by atoms with Crippen LogP contribution in [0.4, 0.5) is 11.4 Å². The first kappa shape index (κ1) is 23.6. The van der Waals surface area contributed by atoms with Crippen molar-refractivity contribution in [3.8, 4) is 11.5 Å². The smallest absolute Gasteiger partial charge is 0.243 e. The normalized spacial score (nSPS) is 10.5. The van der Waals surface area contributed by atoms with Gasteiger partial charge in [0.2, 0.25) is 5.91 Å². The number of para-hydroxylation sites is 2. The molecule has 0 fully saturated rings. The van der Waals surface area contributed by atoms with E-state index in [2.05, 4.69) is 24.5 Å². The molecule has 0 unspecified atom stereocenters. The average Bonchev–Trinajstić information content (AvgIpc) is 2.77. The molecule has 30 heavy (non-hydrogen) atoms. The van der Waals surface area contributed by atoms with Gasteiger partial charge < -0.3 is 20.1 Å². The van der Waals surface area contributed by atoms with Crippen LogP contribution in [-0.4, -0.2) is 25.7 Å². The lowest BCUT2D eigenvalue weighted by atomic mass is 10.2. The number of carbonyl (C=O) groups excluding carboxylic acids is 1. The summed E-state index contributed by atoms with van der Waals surface area (Å²) < 4.78 is 11.5. The van der Waals surface area contributed by atoms with Crippen molar-refractivity contribution in [2.45, 2.75) is 58.8 Å². The van der Waals surface area contributed by atoms with E-state index in [1.54, 1.807) is 0 Å². The van der Waals surface area contributed by atoms with Crippen molar-refractivity contribution in [2.75, 3.05) is 30.4 Å². The molecule has 0 atom stereocenters. The predicted molar refractivity (Wildman–Crippen MR) is 125 cm³/mol. The molecular formula is C25H36N2O3. The van der Waals surface area contributed by atoms with Crippen molar-refractivity contribution in [3.63, 3.8) is 0 Å². The van der Waals surface area contributed by atoms with Crippen LogP contribution in [0.15, 0.2) is 48.5 Å². The third kappa shape index (κ3) is 9.21. The van der Waals surface area contributed by atoms with E-state index in [1.807, 2.05) is 48.5 Å². The van der Waals surface area contributed by atoms with E-state index < -0.39 is 0 Å². The Balaban J connectivity index is 1.72. The lowest BCUT2D eigenvalue weighted by Crippen LogP contribution is -2.22. The molecular weight excluding hydrogens is 376 g/mol. The molecule has 0 saturated heterocycles. The van der Waals surface area contributed by atoms with Crippen LogP contribution in [0.5, 0.6) is 11.5 Å². The summed E-state index contributed by atoms with van der Waals surface area (Å²) in [5.74, 6) is 1.45. The van der Waals surface area contributed by atoms with Gasteiger partial charge >= 0.3 is 0 Å². The van der Waals surface area contributed by atoms with Crippen LogP contribution in [0.2, 0.25) is 0 Å². The number of benzene rings is 2. The lowest BCUT2D eigenvalue weighted by molar-refractivity contribution is -0.114. The van der Waals surface area contributed by atoms with Crippen molar-refractivity contribution in [1.82, 2.24) is 0 Å². The second-order valence-electron chi connectivity index (χ2n) is 7.39. The number of unbranched alkanes of at least 4 members (excludes halogenated alkanes) is 5. The number of rotatable bonds is 15. The number of hydrogen-bond donors (Lipinski definition) is 2. The summed E-state index contributed by atoms with van der Waals surface area (Å²) in [7, 11) is 0. The summed E-state index contributed by atoms with van der Waals surface area (Å²) in [6.07, 6.45) is 8.20. The van der Waals surface area contributed by atoms with Gasteiger partial charge in [0.25, 0.3) is 0 Å². The molecule has 5 nitrogen and oxygen atoms in total. The molecule has 0 aliphatic rings. The maximum Gasteiger partial charge on any atom is 0.243 e. The highest BCUT2D eigenvalue weighted by Gasteiger charge is 2.07. The standard InChI is InChI=1S/C25H36N2O3/c1-3-5-7-8-11-19-29-22-16-14-21(15-17-22)26-20-25(28)27-23-12-9-10-13-24(23)30-18-6-4-2/h9-10,12-17,26H,3-8,11,18-20H2,1-2H3,(H,27,28). The minimum Gasteiger partial charge on any atom is -0.494 e. The first-order chi connectivity index (χ1) is 14.7. The Labute approximate surface area is 181 Å². The number of hydrogen-bond acceptors (Lipinski definition) is 4. The van der Waals surface area contributed by atoms with Crippen LogP contribution in [-0.2, 0) is 4.79 Å². The Morgan fingerprint density at radius 2 is 1.50 bits per heavy atom. The molecule has 164 valence electrons.